The van der Waals surface area contributed by atoms with Crippen LogP contribution in [0.25, 0.3) is 16.9 Å². The van der Waals surface area contributed by atoms with Gasteiger partial charge in [-0.25, -0.2) is 18.4 Å². The number of pyridine rings is 1. The number of piperazine rings is 1. The van der Waals surface area contributed by atoms with Gasteiger partial charge in [-0.1, -0.05) is 17.7 Å². The van der Waals surface area contributed by atoms with E-state index in [-0.39, 0.29) is 5.75 Å². The molecule has 1 saturated heterocycles. The molecule has 1 aromatic carbocycles. The fourth-order valence-electron chi connectivity index (χ4n) is 3.58. The first-order chi connectivity index (χ1) is 13.5. The minimum absolute atomic E-state index is 0.155. The molecule has 1 aliphatic heterocycles. The van der Waals surface area contributed by atoms with Gasteiger partial charge < -0.3 is 0 Å². The second-order valence-corrected chi connectivity index (χ2v) is 9.38. The number of aryl methyl sites for hydroxylation is 1. The van der Waals surface area contributed by atoms with E-state index in [4.69, 9.17) is 4.98 Å². The molecule has 0 amide bonds. The van der Waals surface area contributed by atoms with Crippen molar-refractivity contribution in [1.82, 2.24) is 23.7 Å². The Morgan fingerprint density at radius 2 is 1.75 bits per heavy atom. The third kappa shape index (κ3) is 3.67. The number of fused-ring (bicyclic) bond motifs is 1. The quantitative estimate of drug-likeness (QED) is 0.658. The van der Waals surface area contributed by atoms with Gasteiger partial charge in [0.1, 0.15) is 11.3 Å². The number of sulfonamides is 1. The topological polar surface area (TPSA) is 71.3 Å². The van der Waals surface area contributed by atoms with Crippen LogP contribution in [0.3, 0.4) is 0 Å². The molecule has 4 rings (SSSR count). The van der Waals surface area contributed by atoms with E-state index >= 15 is 0 Å². The molecule has 3 heterocycles. The fourth-order valence-corrected chi connectivity index (χ4v) is 4.66. The van der Waals surface area contributed by atoms with Gasteiger partial charge in [0, 0.05) is 38.1 Å². The van der Waals surface area contributed by atoms with Crippen LogP contribution < -0.4 is 0 Å². The Morgan fingerprint density at radius 3 is 2.43 bits per heavy atom. The Labute approximate surface area is 165 Å². The van der Waals surface area contributed by atoms with E-state index in [0.717, 1.165) is 22.7 Å². The summed E-state index contributed by atoms with van der Waals surface area (Å²) in [5, 5.41) is 0. The highest BCUT2D eigenvalue weighted by Gasteiger charge is 2.26. The first-order valence-corrected chi connectivity index (χ1v) is 11.2. The van der Waals surface area contributed by atoms with Crippen LogP contribution in [0.5, 0.6) is 0 Å². The van der Waals surface area contributed by atoms with E-state index in [1.54, 1.807) is 17.4 Å². The van der Waals surface area contributed by atoms with E-state index in [1.165, 1.54) is 5.56 Å². The number of hydrogen-bond acceptors (Lipinski definition) is 5. The number of aromatic nitrogens is 3. The minimum atomic E-state index is -3.12. The second-order valence-electron chi connectivity index (χ2n) is 7.12. The molecule has 28 heavy (non-hydrogen) atoms. The number of imidazole rings is 1. The zero-order chi connectivity index (χ0) is 19.7. The van der Waals surface area contributed by atoms with Gasteiger partial charge in [0.05, 0.1) is 12.3 Å². The maximum absolute atomic E-state index is 12.1. The summed E-state index contributed by atoms with van der Waals surface area (Å²) >= 11 is 0. The first kappa shape index (κ1) is 19.0. The lowest BCUT2D eigenvalue weighted by molar-refractivity contribution is 0.178. The van der Waals surface area contributed by atoms with Crippen LogP contribution in [-0.4, -0.2) is 64.1 Å². The molecular formula is C20H25N5O2S. The SMILES string of the molecule is CCS(=O)(=O)N1CCN(Cc2nc3cccnc3n2-c2ccc(C)cc2)CC1. The molecule has 2 aromatic heterocycles. The van der Waals surface area contributed by atoms with Gasteiger partial charge in [-0.3, -0.25) is 9.47 Å². The van der Waals surface area contributed by atoms with Gasteiger partial charge in [-0.2, -0.15) is 4.31 Å². The molecule has 0 atom stereocenters. The maximum Gasteiger partial charge on any atom is 0.213 e. The molecule has 0 radical (unpaired) electrons. The van der Waals surface area contributed by atoms with Gasteiger partial charge >= 0.3 is 0 Å². The molecule has 0 N–H and O–H groups in total. The molecule has 0 saturated carbocycles. The number of nitrogens with zero attached hydrogens (tertiary/aromatic N) is 5. The molecule has 0 spiro atoms. The lowest BCUT2D eigenvalue weighted by Gasteiger charge is -2.33. The average Bonchev–Trinajstić information content (AvgIpc) is 3.07. The highest BCUT2D eigenvalue weighted by atomic mass is 32.2. The molecule has 8 heteroatoms. The van der Waals surface area contributed by atoms with Crippen molar-refractivity contribution in [2.24, 2.45) is 0 Å². The van der Waals surface area contributed by atoms with E-state index < -0.39 is 10.0 Å². The molecule has 0 aliphatic carbocycles. The van der Waals surface area contributed by atoms with E-state index in [2.05, 4.69) is 45.6 Å². The summed E-state index contributed by atoms with van der Waals surface area (Å²) < 4.78 is 27.9. The Balaban J connectivity index is 1.61. The fraction of sp³-hybridized carbons (Fsp3) is 0.400. The highest BCUT2D eigenvalue weighted by molar-refractivity contribution is 7.89. The normalized spacial score (nSPS) is 16.6. The van der Waals surface area contributed by atoms with E-state index in [0.29, 0.717) is 32.7 Å². The van der Waals surface area contributed by atoms with Crippen LogP contribution in [-0.2, 0) is 16.6 Å². The van der Waals surface area contributed by atoms with Crippen molar-refractivity contribution >= 4 is 21.2 Å². The summed E-state index contributed by atoms with van der Waals surface area (Å²) in [4.78, 5) is 11.6. The molecular weight excluding hydrogens is 374 g/mol. The van der Waals surface area contributed by atoms with Crippen LogP contribution >= 0.6 is 0 Å². The summed E-state index contributed by atoms with van der Waals surface area (Å²) in [6, 6.07) is 12.2. The van der Waals surface area contributed by atoms with Gasteiger partial charge in [0.2, 0.25) is 10.0 Å². The van der Waals surface area contributed by atoms with Crippen molar-refractivity contribution in [3.63, 3.8) is 0 Å². The van der Waals surface area contributed by atoms with Crippen molar-refractivity contribution in [1.29, 1.82) is 0 Å². The monoisotopic (exact) mass is 399 g/mol. The molecule has 1 aliphatic rings. The summed E-state index contributed by atoms with van der Waals surface area (Å²) in [6.07, 6.45) is 1.78. The zero-order valence-corrected chi connectivity index (χ0v) is 17.1. The Kier molecular flexibility index (Phi) is 5.18. The Hall–Kier alpha value is -2.29. The third-order valence-electron chi connectivity index (χ3n) is 5.23. The zero-order valence-electron chi connectivity index (χ0n) is 16.2. The Bertz CT molecular complexity index is 1070. The van der Waals surface area contributed by atoms with Crippen LogP contribution in [0, 0.1) is 6.92 Å². The third-order valence-corrected chi connectivity index (χ3v) is 7.11. The van der Waals surface area contributed by atoms with Crippen molar-refractivity contribution in [2.75, 3.05) is 31.9 Å². The molecule has 0 bridgehead atoms. The van der Waals surface area contributed by atoms with Crippen molar-refractivity contribution in [2.45, 2.75) is 20.4 Å². The average molecular weight is 400 g/mol. The van der Waals surface area contributed by atoms with Crippen LogP contribution in [0.15, 0.2) is 42.6 Å². The second kappa shape index (κ2) is 7.62. The smallest absolute Gasteiger partial charge is 0.213 e. The van der Waals surface area contributed by atoms with Crippen LogP contribution in [0.1, 0.15) is 18.3 Å². The highest BCUT2D eigenvalue weighted by Crippen LogP contribution is 2.22. The Morgan fingerprint density at radius 1 is 1.04 bits per heavy atom. The van der Waals surface area contributed by atoms with Gasteiger partial charge in [0.15, 0.2) is 5.65 Å². The standard InChI is InChI=1S/C20H25N5O2S/c1-3-28(26,27)24-13-11-23(12-14-24)15-19-22-18-5-4-10-21-20(18)25(19)17-8-6-16(2)7-9-17/h4-10H,3,11-15H2,1-2H3. The number of rotatable bonds is 5. The van der Waals surface area contributed by atoms with Gasteiger partial charge in [-0.05, 0) is 38.1 Å². The summed E-state index contributed by atoms with van der Waals surface area (Å²) in [6.45, 7) is 6.87. The van der Waals surface area contributed by atoms with Crippen molar-refractivity contribution < 1.29 is 8.42 Å². The first-order valence-electron chi connectivity index (χ1n) is 9.57. The molecule has 1 fully saturated rings. The molecule has 3 aromatic rings. The molecule has 0 unspecified atom stereocenters. The molecule has 148 valence electrons. The van der Waals surface area contributed by atoms with Crippen LogP contribution in [0.4, 0.5) is 0 Å². The van der Waals surface area contributed by atoms with Gasteiger partial charge in [-0.15, -0.1) is 0 Å². The minimum Gasteiger partial charge on any atom is -0.293 e. The van der Waals surface area contributed by atoms with Crippen molar-refractivity contribution in [3.8, 4) is 5.69 Å². The lowest BCUT2D eigenvalue weighted by atomic mass is 10.2. The van der Waals surface area contributed by atoms with E-state index in [1.807, 2.05) is 12.1 Å². The number of benzene rings is 1. The van der Waals surface area contributed by atoms with Crippen molar-refractivity contribution in [3.05, 3.63) is 54.0 Å². The predicted molar refractivity (Wildman–Crippen MR) is 110 cm³/mol. The predicted octanol–water partition coefficient (Wildman–Crippen LogP) is 2.20. The largest absolute Gasteiger partial charge is 0.293 e. The maximum atomic E-state index is 12.1. The summed E-state index contributed by atoms with van der Waals surface area (Å²) in [5.74, 6) is 1.08. The van der Waals surface area contributed by atoms with Gasteiger partial charge in [0.25, 0.3) is 0 Å². The molecule has 7 nitrogen and oxygen atoms in total. The van der Waals surface area contributed by atoms with E-state index in [9.17, 15) is 8.42 Å². The summed E-state index contributed by atoms with van der Waals surface area (Å²) in [7, 11) is -3.12. The lowest BCUT2D eigenvalue weighted by Crippen LogP contribution is -2.48. The number of hydrogen-bond donors (Lipinski definition) is 0. The summed E-state index contributed by atoms with van der Waals surface area (Å²) in [5.41, 5.74) is 3.95. The van der Waals surface area contributed by atoms with Crippen LogP contribution in [0.2, 0.25) is 0 Å².